The second-order valence-electron chi connectivity index (χ2n) is 7.25. The number of carbonyl (C=O) groups excluding carboxylic acids is 1. The zero-order chi connectivity index (χ0) is 20.2. The van der Waals surface area contributed by atoms with Crippen molar-refractivity contribution in [3.63, 3.8) is 0 Å². The number of hydrogen-bond acceptors (Lipinski definition) is 5. The molecule has 0 aromatic heterocycles. The van der Waals surface area contributed by atoms with Gasteiger partial charge in [-0.1, -0.05) is 19.9 Å². The van der Waals surface area contributed by atoms with Gasteiger partial charge in [-0.2, -0.15) is 8.42 Å². The first-order chi connectivity index (χ1) is 12.7. The fraction of sp³-hybridized carbons (Fsp3) is 0.650. The molecular formula is C20H32N2O4S. The molecule has 1 fully saturated rings. The van der Waals surface area contributed by atoms with E-state index in [1.807, 2.05) is 30.9 Å². The largest absolute Gasteiger partial charge is 0.382 e. The number of nitrogens with zero attached hydrogens (tertiary/aromatic N) is 2. The number of carbonyl (C=O) groups is 1. The summed E-state index contributed by atoms with van der Waals surface area (Å²) in [7, 11) is -3.65. The zero-order valence-corrected chi connectivity index (χ0v) is 17.9. The van der Waals surface area contributed by atoms with Crippen molar-refractivity contribution >= 4 is 21.7 Å². The van der Waals surface area contributed by atoms with E-state index in [4.69, 9.17) is 4.18 Å². The van der Waals surface area contributed by atoms with E-state index in [0.717, 1.165) is 37.2 Å². The Balaban J connectivity index is 2.39. The second-order valence-corrected chi connectivity index (χ2v) is 9.11. The van der Waals surface area contributed by atoms with Crippen LogP contribution in [0.5, 0.6) is 5.75 Å². The van der Waals surface area contributed by atoms with E-state index in [2.05, 4.69) is 18.7 Å². The van der Waals surface area contributed by atoms with E-state index in [0.29, 0.717) is 12.3 Å². The molecule has 6 nitrogen and oxygen atoms in total. The van der Waals surface area contributed by atoms with Gasteiger partial charge in [0.1, 0.15) is 5.75 Å². The Morgan fingerprint density at radius 1 is 1.19 bits per heavy atom. The van der Waals surface area contributed by atoms with E-state index >= 15 is 0 Å². The lowest BCUT2D eigenvalue weighted by atomic mass is 10.1. The Hall–Kier alpha value is -1.76. The average molecular weight is 397 g/mol. The van der Waals surface area contributed by atoms with Gasteiger partial charge in [0.05, 0.1) is 5.75 Å². The summed E-state index contributed by atoms with van der Waals surface area (Å²) in [6, 6.07) is 5.88. The molecule has 0 aliphatic heterocycles. The molecule has 1 saturated carbocycles. The van der Waals surface area contributed by atoms with Crippen LogP contribution in [0.25, 0.3) is 0 Å². The summed E-state index contributed by atoms with van der Waals surface area (Å²) in [6.45, 7) is 11.4. The molecule has 27 heavy (non-hydrogen) atoms. The maximum Gasteiger partial charge on any atom is 0.308 e. The van der Waals surface area contributed by atoms with Crippen LogP contribution < -0.4 is 9.08 Å². The quantitative estimate of drug-likeness (QED) is 0.567. The van der Waals surface area contributed by atoms with E-state index in [-0.39, 0.29) is 23.6 Å². The van der Waals surface area contributed by atoms with Gasteiger partial charge in [0.15, 0.2) is 0 Å². The van der Waals surface area contributed by atoms with Gasteiger partial charge in [-0.25, -0.2) is 0 Å². The Bertz CT molecular complexity index is 753. The predicted molar refractivity (Wildman–Crippen MR) is 109 cm³/mol. The molecule has 1 aromatic carbocycles. The summed E-state index contributed by atoms with van der Waals surface area (Å²) in [6.07, 6.45) is 2.00. The highest BCUT2D eigenvalue weighted by atomic mass is 32.2. The standard InChI is InChI=1S/C20H32N2O4S/c1-6-21(7-2)18-10-9-16(19(13-18)26-27(24,25)8-3)14-22(17-11-12-17)20(23)15(4)5/h9-10,13,15,17H,6-8,11-12,14H2,1-5H3. The Labute approximate surface area is 163 Å². The fourth-order valence-electron chi connectivity index (χ4n) is 3.02. The highest BCUT2D eigenvalue weighted by molar-refractivity contribution is 7.87. The molecule has 0 spiro atoms. The van der Waals surface area contributed by atoms with Crippen LogP contribution in [0.2, 0.25) is 0 Å². The van der Waals surface area contributed by atoms with Crippen LogP contribution in [-0.4, -0.2) is 44.1 Å². The highest BCUT2D eigenvalue weighted by Gasteiger charge is 2.34. The third-order valence-corrected chi connectivity index (χ3v) is 6.00. The molecule has 0 N–H and O–H groups in total. The van der Waals surface area contributed by atoms with Crippen molar-refractivity contribution in [2.75, 3.05) is 23.7 Å². The minimum absolute atomic E-state index is 0.0922. The van der Waals surface area contributed by atoms with Gasteiger partial charge in [0, 0.05) is 48.9 Å². The summed E-state index contributed by atoms with van der Waals surface area (Å²) < 4.78 is 29.6. The molecule has 0 atom stereocenters. The summed E-state index contributed by atoms with van der Waals surface area (Å²) in [5, 5.41) is 0. The molecule has 152 valence electrons. The molecule has 0 bridgehead atoms. The zero-order valence-electron chi connectivity index (χ0n) is 17.1. The van der Waals surface area contributed by atoms with Gasteiger partial charge >= 0.3 is 10.1 Å². The van der Waals surface area contributed by atoms with Gasteiger partial charge in [-0.05, 0) is 39.7 Å². The van der Waals surface area contributed by atoms with E-state index < -0.39 is 10.1 Å². The summed E-state index contributed by atoms with van der Waals surface area (Å²) in [4.78, 5) is 16.6. The summed E-state index contributed by atoms with van der Waals surface area (Å²) >= 11 is 0. The van der Waals surface area contributed by atoms with Crippen molar-refractivity contribution in [3.05, 3.63) is 23.8 Å². The van der Waals surface area contributed by atoms with Crippen molar-refractivity contribution in [3.8, 4) is 5.75 Å². The van der Waals surface area contributed by atoms with Crippen molar-refractivity contribution in [1.82, 2.24) is 4.90 Å². The number of benzene rings is 1. The predicted octanol–water partition coefficient (Wildman–Crippen LogP) is 3.41. The lowest BCUT2D eigenvalue weighted by Gasteiger charge is -2.27. The molecule has 0 heterocycles. The van der Waals surface area contributed by atoms with Crippen LogP contribution in [0.15, 0.2) is 18.2 Å². The van der Waals surface area contributed by atoms with Crippen LogP contribution >= 0.6 is 0 Å². The topological polar surface area (TPSA) is 66.9 Å². The van der Waals surface area contributed by atoms with Crippen molar-refractivity contribution in [2.24, 2.45) is 5.92 Å². The lowest BCUT2D eigenvalue weighted by Crippen LogP contribution is -2.35. The molecule has 1 aromatic rings. The first-order valence-corrected chi connectivity index (χ1v) is 11.4. The Kier molecular flexibility index (Phi) is 7.14. The summed E-state index contributed by atoms with van der Waals surface area (Å²) in [5.74, 6) is 0.224. The fourth-order valence-corrected chi connectivity index (χ4v) is 3.57. The summed E-state index contributed by atoms with van der Waals surface area (Å²) in [5.41, 5.74) is 1.64. The van der Waals surface area contributed by atoms with Gasteiger partial charge < -0.3 is 14.0 Å². The average Bonchev–Trinajstić information content (AvgIpc) is 3.46. The van der Waals surface area contributed by atoms with Crippen molar-refractivity contribution in [2.45, 2.75) is 60.0 Å². The lowest BCUT2D eigenvalue weighted by molar-refractivity contribution is -0.135. The SMILES string of the molecule is CCN(CC)c1ccc(CN(C(=O)C(C)C)C2CC2)c(OS(=O)(=O)CC)c1. The van der Waals surface area contributed by atoms with Gasteiger partial charge in [-0.15, -0.1) is 0 Å². The highest BCUT2D eigenvalue weighted by Crippen LogP contribution is 2.33. The molecule has 2 rings (SSSR count). The smallest absolute Gasteiger partial charge is 0.308 e. The molecule has 1 aliphatic rings. The monoisotopic (exact) mass is 396 g/mol. The molecular weight excluding hydrogens is 364 g/mol. The normalized spacial score (nSPS) is 14.3. The van der Waals surface area contributed by atoms with Crippen molar-refractivity contribution < 1.29 is 17.4 Å². The second kappa shape index (κ2) is 8.95. The third-order valence-electron chi connectivity index (χ3n) is 4.85. The molecule has 1 amide bonds. The van der Waals surface area contributed by atoms with Crippen LogP contribution in [0.4, 0.5) is 5.69 Å². The Morgan fingerprint density at radius 2 is 1.81 bits per heavy atom. The van der Waals surface area contributed by atoms with E-state index in [1.165, 1.54) is 0 Å². The van der Waals surface area contributed by atoms with Crippen LogP contribution in [0.1, 0.15) is 53.0 Å². The van der Waals surface area contributed by atoms with E-state index in [1.54, 1.807) is 13.0 Å². The molecule has 0 radical (unpaired) electrons. The maximum atomic E-state index is 12.6. The van der Waals surface area contributed by atoms with Crippen molar-refractivity contribution in [1.29, 1.82) is 0 Å². The minimum atomic E-state index is -3.65. The van der Waals surface area contributed by atoms with Gasteiger partial charge in [0.2, 0.25) is 5.91 Å². The van der Waals surface area contributed by atoms with Crippen LogP contribution in [0, 0.1) is 5.92 Å². The van der Waals surface area contributed by atoms with Crippen LogP contribution in [0.3, 0.4) is 0 Å². The first-order valence-electron chi connectivity index (χ1n) is 9.82. The molecule has 7 heteroatoms. The molecule has 1 aliphatic carbocycles. The minimum Gasteiger partial charge on any atom is -0.382 e. The van der Waals surface area contributed by atoms with E-state index in [9.17, 15) is 13.2 Å². The third kappa shape index (κ3) is 5.61. The maximum absolute atomic E-state index is 12.6. The Morgan fingerprint density at radius 3 is 2.30 bits per heavy atom. The van der Waals surface area contributed by atoms with Gasteiger partial charge in [0.25, 0.3) is 0 Å². The molecule has 0 saturated heterocycles. The van der Waals surface area contributed by atoms with Gasteiger partial charge in [-0.3, -0.25) is 4.79 Å². The number of rotatable bonds is 10. The number of anilines is 1. The number of hydrogen-bond donors (Lipinski definition) is 0. The first kappa shape index (κ1) is 21.5. The number of amides is 1. The van der Waals surface area contributed by atoms with Crippen LogP contribution in [-0.2, 0) is 21.5 Å². The molecule has 0 unspecified atom stereocenters.